The molecule has 16 heavy (non-hydrogen) atoms. The number of anilines is 1. The van der Waals surface area contributed by atoms with Gasteiger partial charge in [-0.25, -0.2) is 4.79 Å². The fraction of sp³-hybridized carbons (Fsp3) is 0.583. The van der Waals surface area contributed by atoms with E-state index >= 15 is 0 Å². The maximum atomic E-state index is 10.8. The number of thiophene rings is 1. The van der Waals surface area contributed by atoms with Crippen molar-refractivity contribution in [2.75, 3.05) is 11.4 Å². The van der Waals surface area contributed by atoms with Gasteiger partial charge in [0, 0.05) is 23.7 Å². The Morgan fingerprint density at radius 1 is 1.56 bits per heavy atom. The van der Waals surface area contributed by atoms with Gasteiger partial charge in [0.2, 0.25) is 0 Å². The van der Waals surface area contributed by atoms with Crippen LogP contribution in [0, 0.1) is 0 Å². The summed E-state index contributed by atoms with van der Waals surface area (Å²) < 4.78 is 0. The van der Waals surface area contributed by atoms with Crippen molar-refractivity contribution in [1.82, 2.24) is 0 Å². The van der Waals surface area contributed by atoms with Gasteiger partial charge in [-0.05, 0) is 25.8 Å². The van der Waals surface area contributed by atoms with Crippen molar-refractivity contribution in [1.29, 1.82) is 0 Å². The van der Waals surface area contributed by atoms with Crippen LogP contribution in [0.15, 0.2) is 11.4 Å². The van der Waals surface area contributed by atoms with Crippen LogP contribution < -0.4 is 4.90 Å². The Labute approximate surface area is 99.7 Å². The molecular weight excluding hydrogens is 222 g/mol. The molecule has 1 fully saturated rings. The summed E-state index contributed by atoms with van der Waals surface area (Å²) in [5, 5.41) is 10.9. The minimum absolute atomic E-state index is 0.437. The summed E-state index contributed by atoms with van der Waals surface area (Å²) in [4.78, 5) is 13.6. The Morgan fingerprint density at radius 3 is 2.75 bits per heavy atom. The summed E-state index contributed by atoms with van der Waals surface area (Å²) in [6.45, 7) is 3.09. The van der Waals surface area contributed by atoms with E-state index in [0.29, 0.717) is 10.9 Å². The van der Waals surface area contributed by atoms with E-state index in [1.165, 1.54) is 37.0 Å². The second kappa shape index (κ2) is 4.87. The minimum Gasteiger partial charge on any atom is -0.477 e. The van der Waals surface area contributed by atoms with Gasteiger partial charge in [0.05, 0.1) is 0 Å². The highest BCUT2D eigenvalue weighted by molar-refractivity contribution is 7.12. The molecule has 0 atom stereocenters. The number of carboxylic acid groups (broad SMARTS) is 1. The fourth-order valence-electron chi connectivity index (χ4n) is 2.46. The van der Waals surface area contributed by atoms with Crippen LogP contribution in [0.2, 0.25) is 0 Å². The summed E-state index contributed by atoms with van der Waals surface area (Å²) in [7, 11) is 0. The van der Waals surface area contributed by atoms with E-state index in [9.17, 15) is 4.79 Å². The maximum absolute atomic E-state index is 10.8. The molecule has 0 amide bonds. The van der Waals surface area contributed by atoms with Crippen molar-refractivity contribution >= 4 is 23.0 Å². The summed E-state index contributed by atoms with van der Waals surface area (Å²) in [6, 6.07) is 2.41. The molecule has 2 rings (SSSR count). The molecule has 1 aliphatic rings. The van der Waals surface area contributed by atoms with Crippen LogP contribution in [0.5, 0.6) is 0 Å². The van der Waals surface area contributed by atoms with Crippen LogP contribution in [-0.2, 0) is 0 Å². The van der Waals surface area contributed by atoms with E-state index in [2.05, 4.69) is 11.8 Å². The molecule has 0 unspecified atom stereocenters. The molecule has 3 nitrogen and oxygen atoms in total. The predicted octanol–water partition coefficient (Wildman–Crippen LogP) is 3.22. The van der Waals surface area contributed by atoms with E-state index in [1.54, 1.807) is 6.07 Å². The zero-order valence-electron chi connectivity index (χ0n) is 9.48. The number of nitrogens with zero attached hydrogens (tertiary/aromatic N) is 1. The number of carboxylic acids is 1. The lowest BCUT2D eigenvalue weighted by Gasteiger charge is -2.28. The largest absolute Gasteiger partial charge is 0.477 e. The first-order chi connectivity index (χ1) is 7.72. The maximum Gasteiger partial charge on any atom is 0.345 e. The summed E-state index contributed by atoms with van der Waals surface area (Å²) in [6.07, 6.45) is 5.09. The van der Waals surface area contributed by atoms with Crippen LogP contribution in [-0.4, -0.2) is 23.7 Å². The molecule has 88 valence electrons. The van der Waals surface area contributed by atoms with E-state index in [4.69, 9.17) is 5.11 Å². The third kappa shape index (κ3) is 2.21. The molecule has 1 heterocycles. The molecule has 1 aromatic rings. The second-order valence-electron chi connectivity index (χ2n) is 4.20. The van der Waals surface area contributed by atoms with Crippen LogP contribution in [0.4, 0.5) is 5.69 Å². The molecule has 0 aromatic carbocycles. The molecule has 0 aliphatic heterocycles. The first-order valence-corrected chi connectivity index (χ1v) is 6.68. The highest BCUT2D eigenvalue weighted by atomic mass is 32.1. The average Bonchev–Trinajstić information content (AvgIpc) is 2.88. The molecule has 1 aromatic heterocycles. The highest BCUT2D eigenvalue weighted by Crippen LogP contribution is 2.31. The predicted molar refractivity (Wildman–Crippen MR) is 66.6 cm³/mol. The van der Waals surface area contributed by atoms with Gasteiger partial charge in [-0.15, -0.1) is 11.3 Å². The Balaban J connectivity index is 2.15. The molecule has 0 bridgehead atoms. The number of hydrogen-bond acceptors (Lipinski definition) is 3. The van der Waals surface area contributed by atoms with Gasteiger partial charge in [-0.1, -0.05) is 12.8 Å². The Kier molecular flexibility index (Phi) is 3.49. The molecule has 0 spiro atoms. The van der Waals surface area contributed by atoms with Crippen molar-refractivity contribution in [2.24, 2.45) is 0 Å². The lowest BCUT2D eigenvalue weighted by Crippen LogP contribution is -2.32. The first kappa shape index (κ1) is 11.5. The number of aromatic carboxylic acids is 1. The number of hydrogen-bond donors (Lipinski definition) is 1. The third-order valence-corrected chi connectivity index (χ3v) is 4.14. The summed E-state index contributed by atoms with van der Waals surface area (Å²) in [5.41, 5.74) is 1.08. The van der Waals surface area contributed by atoms with Crippen LogP contribution in [0.1, 0.15) is 42.3 Å². The van der Waals surface area contributed by atoms with Crippen molar-refractivity contribution in [3.05, 3.63) is 16.3 Å². The monoisotopic (exact) mass is 239 g/mol. The van der Waals surface area contributed by atoms with Crippen LogP contribution >= 0.6 is 11.3 Å². The van der Waals surface area contributed by atoms with Crippen molar-refractivity contribution in [2.45, 2.75) is 38.6 Å². The molecule has 1 saturated carbocycles. The Morgan fingerprint density at radius 2 is 2.25 bits per heavy atom. The highest BCUT2D eigenvalue weighted by Gasteiger charge is 2.22. The zero-order chi connectivity index (χ0) is 11.5. The number of carbonyl (C=O) groups is 1. The zero-order valence-corrected chi connectivity index (χ0v) is 10.3. The van der Waals surface area contributed by atoms with Crippen molar-refractivity contribution < 1.29 is 9.90 Å². The number of rotatable bonds is 4. The van der Waals surface area contributed by atoms with Gasteiger partial charge in [-0.3, -0.25) is 0 Å². The van der Waals surface area contributed by atoms with Gasteiger partial charge in [0.25, 0.3) is 0 Å². The van der Waals surface area contributed by atoms with Crippen molar-refractivity contribution in [3.8, 4) is 0 Å². The Hall–Kier alpha value is -1.03. The topological polar surface area (TPSA) is 40.5 Å². The average molecular weight is 239 g/mol. The smallest absolute Gasteiger partial charge is 0.345 e. The van der Waals surface area contributed by atoms with Gasteiger partial charge < -0.3 is 10.0 Å². The Bertz CT molecular complexity index is 369. The van der Waals surface area contributed by atoms with Crippen molar-refractivity contribution in [3.63, 3.8) is 0 Å². The van der Waals surface area contributed by atoms with Gasteiger partial charge >= 0.3 is 5.97 Å². The lowest BCUT2D eigenvalue weighted by atomic mass is 10.2. The lowest BCUT2D eigenvalue weighted by molar-refractivity contribution is 0.0702. The van der Waals surface area contributed by atoms with Crippen LogP contribution in [0.25, 0.3) is 0 Å². The fourth-order valence-corrected chi connectivity index (χ4v) is 3.20. The molecule has 0 radical (unpaired) electrons. The standard InChI is InChI=1S/C12H17NO2S/c1-2-13(9-5-3-4-6-9)10-7-11(12(14)15)16-8-10/h7-9H,2-6H2,1H3,(H,14,15). The van der Waals surface area contributed by atoms with E-state index < -0.39 is 5.97 Å². The first-order valence-electron chi connectivity index (χ1n) is 5.81. The summed E-state index contributed by atoms with van der Waals surface area (Å²) >= 11 is 1.32. The van der Waals surface area contributed by atoms with Gasteiger partial charge in [0.1, 0.15) is 4.88 Å². The van der Waals surface area contributed by atoms with Crippen LogP contribution in [0.3, 0.4) is 0 Å². The summed E-state index contributed by atoms with van der Waals surface area (Å²) in [5.74, 6) is -0.821. The second-order valence-corrected chi connectivity index (χ2v) is 5.11. The van der Waals surface area contributed by atoms with E-state index in [0.717, 1.165) is 12.2 Å². The normalized spacial score (nSPS) is 16.6. The molecule has 1 aliphatic carbocycles. The van der Waals surface area contributed by atoms with E-state index in [1.807, 2.05) is 5.38 Å². The molecular formula is C12H17NO2S. The van der Waals surface area contributed by atoms with E-state index in [-0.39, 0.29) is 0 Å². The van der Waals surface area contributed by atoms with Gasteiger partial charge in [0.15, 0.2) is 0 Å². The molecule has 1 N–H and O–H groups in total. The van der Waals surface area contributed by atoms with Gasteiger partial charge in [-0.2, -0.15) is 0 Å². The third-order valence-electron chi connectivity index (χ3n) is 3.23. The quantitative estimate of drug-likeness (QED) is 0.877. The SMILES string of the molecule is CCN(c1csc(C(=O)O)c1)C1CCCC1. The molecule has 4 heteroatoms. The minimum atomic E-state index is -0.821. The molecule has 0 saturated heterocycles.